The van der Waals surface area contributed by atoms with E-state index in [0.29, 0.717) is 16.8 Å². The van der Waals surface area contributed by atoms with Gasteiger partial charge in [-0.05, 0) is 43.7 Å². The van der Waals surface area contributed by atoms with Crippen LogP contribution in [0.1, 0.15) is 16.8 Å². The van der Waals surface area contributed by atoms with E-state index in [2.05, 4.69) is 9.71 Å². The van der Waals surface area contributed by atoms with E-state index in [-0.39, 0.29) is 4.90 Å². The zero-order chi connectivity index (χ0) is 14.8. The molecule has 1 aromatic carbocycles. The van der Waals surface area contributed by atoms with Crippen molar-refractivity contribution in [2.24, 2.45) is 0 Å². The van der Waals surface area contributed by atoms with E-state index in [1.165, 1.54) is 12.3 Å². The molecule has 0 aliphatic heterocycles. The maximum atomic E-state index is 12.3. The van der Waals surface area contributed by atoms with Crippen LogP contribution >= 0.6 is 0 Å². The summed E-state index contributed by atoms with van der Waals surface area (Å²) < 4.78 is 27.1. The minimum absolute atomic E-state index is 0.0946. The Hall–Kier alpha value is -2.39. The lowest BCUT2D eigenvalue weighted by molar-refractivity contribution is 0.600. The van der Waals surface area contributed by atoms with E-state index in [1.807, 2.05) is 13.0 Å². The molecular formula is C14H13N3O2S. The second kappa shape index (κ2) is 5.31. The topological polar surface area (TPSA) is 82.9 Å². The number of aromatic nitrogens is 1. The second-order valence-corrected chi connectivity index (χ2v) is 6.04. The number of hydrogen-bond donors (Lipinski definition) is 1. The molecule has 0 bridgehead atoms. The Bertz CT molecular complexity index is 775. The fraction of sp³-hybridized carbons (Fsp3) is 0.143. The minimum Gasteiger partial charge on any atom is -0.278 e. The van der Waals surface area contributed by atoms with Crippen molar-refractivity contribution in [2.75, 3.05) is 4.72 Å². The first kappa shape index (κ1) is 14.0. The Morgan fingerprint density at radius 3 is 2.55 bits per heavy atom. The Kier molecular flexibility index (Phi) is 3.72. The lowest BCUT2D eigenvalue weighted by Gasteiger charge is -2.10. The van der Waals surface area contributed by atoms with Crippen molar-refractivity contribution < 1.29 is 8.42 Å². The molecule has 0 amide bonds. The number of nitrogens with zero attached hydrogens (tertiary/aromatic N) is 2. The molecule has 0 unspecified atom stereocenters. The van der Waals surface area contributed by atoms with Crippen LogP contribution in [0.2, 0.25) is 0 Å². The minimum atomic E-state index is -3.73. The third kappa shape index (κ3) is 2.95. The quantitative estimate of drug-likeness (QED) is 0.939. The first-order chi connectivity index (χ1) is 9.42. The summed E-state index contributed by atoms with van der Waals surface area (Å²) in [6, 6.07) is 9.85. The molecule has 0 aliphatic carbocycles. The molecule has 0 spiro atoms. The van der Waals surface area contributed by atoms with Gasteiger partial charge in [-0.3, -0.25) is 9.71 Å². The summed E-state index contributed by atoms with van der Waals surface area (Å²) in [5, 5.41) is 8.86. The predicted octanol–water partition coefficient (Wildman–Crippen LogP) is 2.37. The van der Waals surface area contributed by atoms with E-state index in [0.717, 1.165) is 5.69 Å². The molecule has 20 heavy (non-hydrogen) atoms. The van der Waals surface area contributed by atoms with Crippen molar-refractivity contribution in [3.05, 3.63) is 53.3 Å². The van der Waals surface area contributed by atoms with Crippen LogP contribution in [0.25, 0.3) is 0 Å². The number of pyridine rings is 1. The highest BCUT2D eigenvalue weighted by atomic mass is 32.2. The Morgan fingerprint density at radius 1 is 1.20 bits per heavy atom. The molecule has 2 aromatic rings. The summed E-state index contributed by atoms with van der Waals surface area (Å²) in [7, 11) is -3.73. The SMILES string of the molecule is Cc1ccc(NS(=O)(=O)c2cc(C#N)ccc2C)cn1. The Labute approximate surface area is 118 Å². The van der Waals surface area contributed by atoms with Gasteiger partial charge in [0.1, 0.15) is 0 Å². The molecule has 1 heterocycles. The van der Waals surface area contributed by atoms with Crippen molar-refractivity contribution in [3.8, 4) is 6.07 Å². The summed E-state index contributed by atoms with van der Waals surface area (Å²) in [5.41, 5.74) is 2.07. The van der Waals surface area contributed by atoms with Gasteiger partial charge in [0, 0.05) is 5.69 Å². The fourth-order valence-corrected chi connectivity index (χ4v) is 3.01. The van der Waals surface area contributed by atoms with Crippen LogP contribution < -0.4 is 4.72 Å². The van der Waals surface area contributed by atoms with E-state index >= 15 is 0 Å². The first-order valence-corrected chi connectivity index (χ1v) is 7.37. The van der Waals surface area contributed by atoms with Gasteiger partial charge in [-0.25, -0.2) is 8.42 Å². The third-order valence-corrected chi connectivity index (χ3v) is 4.29. The maximum absolute atomic E-state index is 12.3. The Balaban J connectivity index is 2.40. The van der Waals surface area contributed by atoms with Gasteiger partial charge < -0.3 is 0 Å². The summed E-state index contributed by atoms with van der Waals surface area (Å²) in [4.78, 5) is 4.13. The molecular weight excluding hydrogens is 274 g/mol. The van der Waals surface area contributed by atoms with Gasteiger partial charge in [0.25, 0.3) is 10.0 Å². The summed E-state index contributed by atoms with van der Waals surface area (Å²) in [6.45, 7) is 3.50. The number of benzene rings is 1. The zero-order valence-electron chi connectivity index (χ0n) is 11.1. The molecule has 0 fully saturated rings. The normalized spacial score (nSPS) is 10.8. The lowest BCUT2D eigenvalue weighted by atomic mass is 10.2. The third-order valence-electron chi connectivity index (χ3n) is 2.77. The number of nitriles is 1. The molecule has 102 valence electrons. The molecule has 6 heteroatoms. The summed E-state index contributed by atoms with van der Waals surface area (Å²) in [6.07, 6.45) is 1.45. The van der Waals surface area contributed by atoms with Crippen LogP contribution in [0.15, 0.2) is 41.4 Å². The van der Waals surface area contributed by atoms with E-state index in [9.17, 15) is 8.42 Å². The van der Waals surface area contributed by atoms with E-state index < -0.39 is 10.0 Å². The first-order valence-electron chi connectivity index (χ1n) is 5.88. The molecule has 1 aromatic heterocycles. The lowest BCUT2D eigenvalue weighted by Crippen LogP contribution is -2.14. The smallest absolute Gasteiger partial charge is 0.262 e. The number of nitrogens with one attached hydrogen (secondary N) is 1. The molecule has 1 N–H and O–H groups in total. The predicted molar refractivity (Wildman–Crippen MR) is 75.7 cm³/mol. The van der Waals surface area contributed by atoms with Crippen molar-refractivity contribution >= 4 is 15.7 Å². The molecule has 2 rings (SSSR count). The second-order valence-electron chi connectivity index (χ2n) is 4.39. The summed E-state index contributed by atoms with van der Waals surface area (Å²) in [5.74, 6) is 0. The largest absolute Gasteiger partial charge is 0.278 e. The van der Waals surface area contributed by atoms with Gasteiger partial charge in [-0.15, -0.1) is 0 Å². The maximum Gasteiger partial charge on any atom is 0.262 e. The van der Waals surface area contributed by atoms with Gasteiger partial charge in [0.05, 0.1) is 28.4 Å². The van der Waals surface area contributed by atoms with Crippen molar-refractivity contribution in [3.63, 3.8) is 0 Å². The number of rotatable bonds is 3. The zero-order valence-corrected chi connectivity index (χ0v) is 11.9. The Morgan fingerprint density at radius 2 is 1.95 bits per heavy atom. The number of aryl methyl sites for hydroxylation is 2. The summed E-state index contributed by atoms with van der Waals surface area (Å²) >= 11 is 0. The van der Waals surface area contributed by atoms with Gasteiger partial charge in [-0.1, -0.05) is 6.07 Å². The van der Waals surface area contributed by atoms with Crippen LogP contribution in [-0.4, -0.2) is 13.4 Å². The highest BCUT2D eigenvalue weighted by Gasteiger charge is 2.17. The average molecular weight is 287 g/mol. The van der Waals surface area contributed by atoms with Crippen LogP contribution in [0.4, 0.5) is 5.69 Å². The highest BCUT2D eigenvalue weighted by Crippen LogP contribution is 2.20. The number of sulfonamides is 1. The van der Waals surface area contributed by atoms with E-state index in [4.69, 9.17) is 5.26 Å². The van der Waals surface area contributed by atoms with Crippen LogP contribution in [-0.2, 0) is 10.0 Å². The molecule has 0 saturated carbocycles. The molecule has 0 aliphatic rings. The van der Waals surface area contributed by atoms with Crippen LogP contribution in [0.5, 0.6) is 0 Å². The van der Waals surface area contributed by atoms with E-state index in [1.54, 1.807) is 31.2 Å². The van der Waals surface area contributed by atoms with Gasteiger partial charge >= 0.3 is 0 Å². The van der Waals surface area contributed by atoms with Gasteiger partial charge in [0.2, 0.25) is 0 Å². The molecule has 0 saturated heterocycles. The molecule has 0 atom stereocenters. The van der Waals surface area contributed by atoms with Crippen molar-refractivity contribution in [1.82, 2.24) is 4.98 Å². The average Bonchev–Trinajstić information content (AvgIpc) is 2.41. The highest BCUT2D eigenvalue weighted by molar-refractivity contribution is 7.92. The number of anilines is 1. The van der Waals surface area contributed by atoms with Gasteiger partial charge in [-0.2, -0.15) is 5.26 Å². The van der Waals surface area contributed by atoms with Crippen molar-refractivity contribution in [2.45, 2.75) is 18.7 Å². The number of hydrogen-bond acceptors (Lipinski definition) is 4. The van der Waals surface area contributed by atoms with Crippen LogP contribution in [0.3, 0.4) is 0 Å². The standard InChI is InChI=1S/C14H13N3O2S/c1-10-3-5-12(8-15)7-14(10)20(18,19)17-13-6-4-11(2)16-9-13/h3-7,9,17H,1-2H3. The fourth-order valence-electron chi connectivity index (χ4n) is 1.70. The monoisotopic (exact) mass is 287 g/mol. The van der Waals surface area contributed by atoms with Crippen LogP contribution in [0, 0.1) is 25.2 Å². The molecule has 0 radical (unpaired) electrons. The molecule has 5 nitrogen and oxygen atoms in total. The van der Waals surface area contributed by atoms with Crippen molar-refractivity contribution in [1.29, 1.82) is 5.26 Å². The van der Waals surface area contributed by atoms with Gasteiger partial charge in [0.15, 0.2) is 0 Å².